The molecule has 3 nitrogen and oxygen atoms in total. The van der Waals surface area contributed by atoms with E-state index in [0.29, 0.717) is 11.4 Å². The van der Waals surface area contributed by atoms with Gasteiger partial charge in [-0.2, -0.15) is 0 Å². The van der Waals surface area contributed by atoms with E-state index in [-0.39, 0.29) is 5.91 Å². The number of para-hydroxylation sites is 1. The summed E-state index contributed by atoms with van der Waals surface area (Å²) in [4.78, 5) is 15.2. The van der Waals surface area contributed by atoms with Crippen molar-refractivity contribution in [2.45, 2.75) is 6.42 Å². The van der Waals surface area contributed by atoms with Gasteiger partial charge in [0.1, 0.15) is 0 Å². The van der Waals surface area contributed by atoms with Crippen LogP contribution in [-0.4, -0.2) is 10.9 Å². The normalized spacial score (nSPS) is 10.7. The molecule has 0 aliphatic carbocycles. The fourth-order valence-corrected chi connectivity index (χ4v) is 2.37. The highest BCUT2D eigenvalue weighted by Gasteiger charge is 2.09. The summed E-state index contributed by atoms with van der Waals surface area (Å²) in [5.41, 5.74) is 2.73. The van der Waals surface area contributed by atoms with Crippen molar-refractivity contribution in [1.29, 1.82) is 0 Å². The van der Waals surface area contributed by atoms with Crippen molar-refractivity contribution < 1.29 is 4.79 Å². The lowest BCUT2D eigenvalue weighted by atomic mass is 10.1. The summed E-state index contributed by atoms with van der Waals surface area (Å²) in [5, 5.41) is 4.53. The predicted molar refractivity (Wildman–Crippen MR) is 82.1 cm³/mol. The van der Waals surface area contributed by atoms with E-state index >= 15 is 0 Å². The Morgan fingerprint density at radius 3 is 2.75 bits per heavy atom. The summed E-state index contributed by atoms with van der Waals surface area (Å²) in [5.74, 6) is -0.0444. The van der Waals surface area contributed by atoms with Crippen LogP contribution in [0.3, 0.4) is 0 Å². The molecule has 2 aromatic carbocycles. The maximum absolute atomic E-state index is 12.1. The van der Waals surface area contributed by atoms with Crippen molar-refractivity contribution >= 4 is 34.1 Å². The van der Waals surface area contributed by atoms with E-state index in [4.69, 9.17) is 11.6 Å². The zero-order valence-corrected chi connectivity index (χ0v) is 11.4. The van der Waals surface area contributed by atoms with Gasteiger partial charge < -0.3 is 10.3 Å². The second-order valence-corrected chi connectivity index (χ2v) is 5.03. The molecule has 0 spiro atoms. The van der Waals surface area contributed by atoms with Gasteiger partial charge in [0.25, 0.3) is 0 Å². The minimum Gasteiger partial charge on any atom is -0.361 e. The number of aromatic amines is 1. The van der Waals surface area contributed by atoms with Gasteiger partial charge in [-0.3, -0.25) is 4.79 Å². The van der Waals surface area contributed by atoms with Crippen molar-refractivity contribution in [2.24, 2.45) is 0 Å². The largest absolute Gasteiger partial charge is 0.361 e. The van der Waals surface area contributed by atoms with E-state index in [2.05, 4.69) is 10.3 Å². The number of halogens is 1. The van der Waals surface area contributed by atoms with Crippen LogP contribution in [0.15, 0.2) is 54.7 Å². The molecule has 1 aromatic heterocycles. The summed E-state index contributed by atoms with van der Waals surface area (Å²) >= 11 is 6.00. The molecule has 20 heavy (non-hydrogen) atoms. The minimum absolute atomic E-state index is 0.0444. The second-order valence-electron chi connectivity index (χ2n) is 4.59. The number of anilines is 1. The highest BCUT2D eigenvalue weighted by Crippen LogP contribution is 2.23. The molecule has 4 heteroatoms. The highest BCUT2D eigenvalue weighted by atomic mass is 35.5. The number of fused-ring (bicyclic) bond motifs is 1. The number of carbonyl (C=O) groups is 1. The van der Waals surface area contributed by atoms with Gasteiger partial charge in [-0.05, 0) is 35.9 Å². The molecular formula is C16H13ClN2O. The van der Waals surface area contributed by atoms with Crippen molar-refractivity contribution in [3.8, 4) is 0 Å². The van der Waals surface area contributed by atoms with Crippen molar-refractivity contribution in [2.75, 3.05) is 5.32 Å². The molecule has 1 amide bonds. The molecule has 0 saturated heterocycles. The molecule has 0 saturated carbocycles. The van der Waals surface area contributed by atoms with E-state index in [1.165, 1.54) is 0 Å². The molecule has 0 aliphatic rings. The van der Waals surface area contributed by atoms with Crippen LogP contribution < -0.4 is 5.32 Å². The molecule has 3 aromatic rings. The molecule has 0 bridgehead atoms. The standard InChI is InChI=1S/C16H13ClN2O/c17-12-6-7-15-14(9-12)11(10-18-15)8-16(20)19-13-4-2-1-3-5-13/h1-7,9-10,18H,8H2,(H,19,20). The quantitative estimate of drug-likeness (QED) is 0.750. The first-order valence-corrected chi connectivity index (χ1v) is 6.70. The van der Waals surface area contributed by atoms with Crippen LogP contribution >= 0.6 is 11.6 Å². The molecule has 0 aliphatic heterocycles. The Labute approximate surface area is 121 Å². The first-order chi connectivity index (χ1) is 9.72. The van der Waals surface area contributed by atoms with Gasteiger partial charge in [-0.1, -0.05) is 29.8 Å². The summed E-state index contributed by atoms with van der Waals surface area (Å²) < 4.78 is 0. The van der Waals surface area contributed by atoms with Crippen molar-refractivity contribution in [3.63, 3.8) is 0 Å². The van der Waals surface area contributed by atoms with Crippen LogP contribution in [0.2, 0.25) is 5.02 Å². The SMILES string of the molecule is O=C(Cc1c[nH]c2ccc(Cl)cc12)Nc1ccccc1. The third-order valence-corrected chi connectivity index (χ3v) is 3.37. The number of benzene rings is 2. The number of aromatic nitrogens is 1. The number of H-pyrrole nitrogens is 1. The Morgan fingerprint density at radius 2 is 1.95 bits per heavy atom. The van der Waals surface area contributed by atoms with Crippen LogP contribution in [0.5, 0.6) is 0 Å². The topological polar surface area (TPSA) is 44.9 Å². The van der Waals surface area contributed by atoms with Crippen LogP contribution in [-0.2, 0) is 11.2 Å². The summed E-state index contributed by atoms with van der Waals surface area (Å²) in [6.45, 7) is 0. The average Bonchev–Trinajstić information content (AvgIpc) is 2.82. The molecule has 0 atom stereocenters. The molecule has 0 unspecified atom stereocenters. The van der Waals surface area contributed by atoms with Crippen molar-refractivity contribution in [3.05, 3.63) is 65.3 Å². The van der Waals surface area contributed by atoms with Crippen LogP contribution in [0.4, 0.5) is 5.69 Å². The van der Waals surface area contributed by atoms with Gasteiger partial charge in [-0.15, -0.1) is 0 Å². The molecule has 3 rings (SSSR count). The first kappa shape index (κ1) is 12.8. The van der Waals surface area contributed by atoms with Gasteiger partial charge in [0.2, 0.25) is 5.91 Å². The molecule has 0 radical (unpaired) electrons. The van der Waals surface area contributed by atoms with E-state index in [1.54, 1.807) is 0 Å². The first-order valence-electron chi connectivity index (χ1n) is 6.33. The lowest BCUT2D eigenvalue weighted by Gasteiger charge is -2.04. The number of nitrogens with one attached hydrogen (secondary N) is 2. The van der Waals surface area contributed by atoms with E-state index in [1.807, 2.05) is 54.7 Å². The van der Waals surface area contributed by atoms with Crippen LogP contribution in [0.1, 0.15) is 5.56 Å². The Morgan fingerprint density at radius 1 is 1.15 bits per heavy atom. The maximum atomic E-state index is 12.1. The fourth-order valence-electron chi connectivity index (χ4n) is 2.20. The summed E-state index contributed by atoms with van der Waals surface area (Å²) in [6, 6.07) is 15.0. The van der Waals surface area contributed by atoms with Gasteiger partial charge in [0.15, 0.2) is 0 Å². The smallest absolute Gasteiger partial charge is 0.228 e. The number of hydrogen-bond acceptors (Lipinski definition) is 1. The van der Waals surface area contributed by atoms with Gasteiger partial charge in [0, 0.05) is 27.8 Å². The fraction of sp³-hybridized carbons (Fsp3) is 0.0625. The lowest BCUT2D eigenvalue weighted by molar-refractivity contribution is -0.115. The molecular weight excluding hydrogens is 272 g/mol. The van der Waals surface area contributed by atoms with E-state index in [0.717, 1.165) is 22.2 Å². The highest BCUT2D eigenvalue weighted by molar-refractivity contribution is 6.31. The third-order valence-electron chi connectivity index (χ3n) is 3.14. The van der Waals surface area contributed by atoms with Gasteiger partial charge >= 0.3 is 0 Å². The van der Waals surface area contributed by atoms with E-state index in [9.17, 15) is 4.79 Å². The average molecular weight is 285 g/mol. The number of rotatable bonds is 3. The van der Waals surface area contributed by atoms with E-state index < -0.39 is 0 Å². The monoisotopic (exact) mass is 284 g/mol. The third kappa shape index (κ3) is 2.68. The van der Waals surface area contributed by atoms with Crippen LogP contribution in [0.25, 0.3) is 10.9 Å². The summed E-state index contributed by atoms with van der Waals surface area (Å²) in [6.07, 6.45) is 2.17. The van der Waals surface area contributed by atoms with Crippen molar-refractivity contribution in [1.82, 2.24) is 4.98 Å². The number of hydrogen-bond donors (Lipinski definition) is 2. The summed E-state index contributed by atoms with van der Waals surface area (Å²) in [7, 11) is 0. The Bertz CT molecular complexity index is 750. The predicted octanol–water partition coefficient (Wildman–Crippen LogP) is 4.00. The molecule has 100 valence electrons. The van der Waals surface area contributed by atoms with Gasteiger partial charge in [-0.25, -0.2) is 0 Å². The molecule has 1 heterocycles. The number of amides is 1. The zero-order valence-electron chi connectivity index (χ0n) is 10.7. The Hall–Kier alpha value is -2.26. The second kappa shape index (κ2) is 5.39. The Balaban J connectivity index is 1.79. The van der Waals surface area contributed by atoms with Crippen LogP contribution in [0, 0.1) is 0 Å². The number of carbonyl (C=O) groups excluding carboxylic acids is 1. The minimum atomic E-state index is -0.0444. The zero-order chi connectivity index (χ0) is 13.9. The van der Waals surface area contributed by atoms with Gasteiger partial charge in [0.05, 0.1) is 6.42 Å². The Kier molecular flexibility index (Phi) is 3.44. The molecule has 0 fully saturated rings. The maximum Gasteiger partial charge on any atom is 0.228 e. The molecule has 2 N–H and O–H groups in total. The lowest BCUT2D eigenvalue weighted by Crippen LogP contribution is -2.13.